The van der Waals surface area contributed by atoms with Gasteiger partial charge in [0.25, 0.3) is 5.91 Å². The van der Waals surface area contributed by atoms with Gasteiger partial charge in [-0.05, 0) is 55.5 Å². The Morgan fingerprint density at radius 2 is 1.62 bits per heavy atom. The summed E-state index contributed by atoms with van der Waals surface area (Å²) in [6.07, 6.45) is 2.57. The third-order valence-corrected chi connectivity index (χ3v) is 5.17. The Bertz CT molecular complexity index is 1230. The molecule has 0 bridgehead atoms. The Balaban J connectivity index is 0.00000129. The van der Waals surface area contributed by atoms with E-state index < -0.39 is 15.9 Å². The maximum Gasteiger partial charge on any atom is 0.323 e. The molecule has 0 atom stereocenters. The summed E-state index contributed by atoms with van der Waals surface area (Å²) in [5.74, 6) is 0.622. The molecule has 34 heavy (non-hydrogen) atoms. The van der Waals surface area contributed by atoms with Gasteiger partial charge < -0.3 is 25.8 Å². The molecule has 0 fully saturated rings. The van der Waals surface area contributed by atoms with Crippen molar-refractivity contribution >= 4 is 33.2 Å². The molecule has 3 amide bonds. The zero-order valence-electron chi connectivity index (χ0n) is 18.9. The van der Waals surface area contributed by atoms with Crippen LogP contribution in [0.3, 0.4) is 0 Å². The van der Waals surface area contributed by atoms with Gasteiger partial charge in [-0.15, -0.1) is 0 Å². The standard InChI is InChI=1S/C21H20N4O5S.C2H6O/c1-22-20(26)19-13-17(10-11-23-19)30-16-8-6-14(7-9-16)24-21(27)25-15-4-3-5-18(12-15)31(2,28)29;1-2-3/h3-13H,1-2H3,(H,22,26)(H2,24,25,27);3H,2H2,1H3. The molecule has 0 aliphatic rings. The number of pyridine rings is 1. The van der Waals surface area contributed by atoms with Gasteiger partial charge in [0.2, 0.25) is 0 Å². The van der Waals surface area contributed by atoms with Gasteiger partial charge in [-0.3, -0.25) is 9.78 Å². The van der Waals surface area contributed by atoms with Gasteiger partial charge >= 0.3 is 6.03 Å². The lowest BCUT2D eigenvalue weighted by Crippen LogP contribution is -2.19. The molecular weight excluding hydrogens is 460 g/mol. The maximum atomic E-state index is 12.2. The first kappa shape index (κ1) is 26.3. The SMILES string of the molecule is CCO.CNC(=O)c1cc(Oc2ccc(NC(=O)Nc3cccc(S(C)(=O)=O)c3)cc2)ccn1. The number of rotatable bonds is 6. The van der Waals surface area contributed by atoms with E-state index in [2.05, 4.69) is 20.9 Å². The Kier molecular flexibility index (Phi) is 9.53. The summed E-state index contributed by atoms with van der Waals surface area (Å²) < 4.78 is 29.0. The van der Waals surface area contributed by atoms with Crippen LogP contribution in [0.4, 0.5) is 16.2 Å². The van der Waals surface area contributed by atoms with Crippen molar-refractivity contribution in [2.75, 3.05) is 30.5 Å². The molecule has 0 spiro atoms. The highest BCUT2D eigenvalue weighted by molar-refractivity contribution is 7.90. The molecule has 180 valence electrons. The Hall–Kier alpha value is -3.96. The minimum Gasteiger partial charge on any atom is -0.457 e. The molecule has 2 aromatic carbocycles. The van der Waals surface area contributed by atoms with Crippen LogP contribution < -0.4 is 20.7 Å². The molecule has 0 radical (unpaired) electrons. The van der Waals surface area contributed by atoms with Crippen molar-refractivity contribution in [3.8, 4) is 11.5 Å². The monoisotopic (exact) mass is 486 g/mol. The number of anilines is 2. The second-order valence-corrected chi connectivity index (χ2v) is 8.79. The van der Waals surface area contributed by atoms with E-state index in [-0.39, 0.29) is 23.1 Å². The van der Waals surface area contributed by atoms with Gasteiger partial charge in [-0.25, -0.2) is 13.2 Å². The number of nitrogens with zero attached hydrogens (tertiary/aromatic N) is 1. The van der Waals surface area contributed by atoms with E-state index in [4.69, 9.17) is 9.84 Å². The number of benzene rings is 2. The van der Waals surface area contributed by atoms with Crippen LogP contribution >= 0.6 is 0 Å². The summed E-state index contributed by atoms with van der Waals surface area (Å²) in [7, 11) is -1.86. The van der Waals surface area contributed by atoms with Gasteiger partial charge in [0.1, 0.15) is 17.2 Å². The van der Waals surface area contributed by atoms with Crippen molar-refractivity contribution in [1.29, 1.82) is 0 Å². The predicted octanol–water partition coefficient (Wildman–Crippen LogP) is 3.28. The van der Waals surface area contributed by atoms with Crippen LogP contribution in [0.15, 0.2) is 71.8 Å². The average Bonchev–Trinajstić information content (AvgIpc) is 2.80. The molecule has 4 N–H and O–H groups in total. The first-order valence-electron chi connectivity index (χ1n) is 10.1. The number of urea groups is 1. The number of carbonyl (C=O) groups is 2. The van der Waals surface area contributed by atoms with E-state index in [0.717, 1.165) is 6.26 Å². The van der Waals surface area contributed by atoms with Gasteiger partial charge in [-0.1, -0.05) is 6.07 Å². The highest BCUT2D eigenvalue weighted by Crippen LogP contribution is 2.23. The van der Waals surface area contributed by atoms with E-state index in [1.54, 1.807) is 49.4 Å². The fourth-order valence-electron chi connectivity index (χ4n) is 2.57. The van der Waals surface area contributed by atoms with Crippen LogP contribution in [0.25, 0.3) is 0 Å². The molecule has 0 saturated carbocycles. The first-order chi connectivity index (χ1) is 16.2. The Morgan fingerprint density at radius 1 is 0.971 bits per heavy atom. The molecular formula is C23H26N4O6S. The number of amides is 3. The third-order valence-electron chi connectivity index (χ3n) is 4.06. The summed E-state index contributed by atoms with van der Waals surface area (Å²) in [5, 5.41) is 15.3. The topological polar surface area (TPSA) is 147 Å². The number of hydrogen-bond donors (Lipinski definition) is 4. The highest BCUT2D eigenvalue weighted by Gasteiger charge is 2.10. The van der Waals surface area contributed by atoms with Crippen LogP contribution in [-0.2, 0) is 9.84 Å². The number of aliphatic hydroxyl groups is 1. The normalized spacial score (nSPS) is 10.4. The zero-order chi connectivity index (χ0) is 25.1. The number of nitrogens with one attached hydrogen (secondary N) is 3. The zero-order valence-corrected chi connectivity index (χ0v) is 19.7. The van der Waals surface area contributed by atoms with Crippen molar-refractivity contribution < 1.29 is 27.9 Å². The van der Waals surface area contributed by atoms with E-state index in [1.807, 2.05) is 0 Å². The van der Waals surface area contributed by atoms with E-state index in [0.29, 0.717) is 22.9 Å². The number of aromatic nitrogens is 1. The number of ether oxygens (including phenoxy) is 1. The van der Waals surface area contributed by atoms with E-state index in [9.17, 15) is 18.0 Å². The Morgan fingerprint density at radius 3 is 2.24 bits per heavy atom. The molecule has 3 rings (SSSR count). The molecule has 1 heterocycles. The van der Waals surface area contributed by atoms with Crippen molar-refractivity contribution in [2.45, 2.75) is 11.8 Å². The largest absolute Gasteiger partial charge is 0.457 e. The molecule has 11 heteroatoms. The summed E-state index contributed by atoms with van der Waals surface area (Å²) in [6.45, 7) is 1.93. The van der Waals surface area contributed by atoms with E-state index in [1.165, 1.54) is 31.4 Å². The van der Waals surface area contributed by atoms with Gasteiger partial charge in [0.05, 0.1) is 4.90 Å². The van der Waals surface area contributed by atoms with Crippen LogP contribution in [0.5, 0.6) is 11.5 Å². The Labute approximate surface area is 197 Å². The lowest BCUT2D eigenvalue weighted by Gasteiger charge is -2.10. The van der Waals surface area contributed by atoms with Crippen molar-refractivity contribution in [3.63, 3.8) is 0 Å². The quantitative estimate of drug-likeness (QED) is 0.418. The molecule has 0 unspecified atom stereocenters. The first-order valence-corrected chi connectivity index (χ1v) is 12.0. The summed E-state index contributed by atoms with van der Waals surface area (Å²) in [4.78, 5) is 27.9. The van der Waals surface area contributed by atoms with Crippen molar-refractivity contribution in [2.24, 2.45) is 0 Å². The summed E-state index contributed by atoms with van der Waals surface area (Å²) >= 11 is 0. The molecule has 0 aliphatic heterocycles. The van der Waals surface area contributed by atoms with Crippen molar-refractivity contribution in [1.82, 2.24) is 10.3 Å². The number of sulfone groups is 1. The molecule has 0 aliphatic carbocycles. The average molecular weight is 487 g/mol. The minimum atomic E-state index is -3.37. The van der Waals surface area contributed by atoms with Gasteiger partial charge in [0.15, 0.2) is 9.84 Å². The third kappa shape index (κ3) is 8.19. The second kappa shape index (κ2) is 12.3. The fraction of sp³-hybridized carbons (Fsp3) is 0.174. The highest BCUT2D eigenvalue weighted by atomic mass is 32.2. The van der Waals surface area contributed by atoms with Crippen LogP contribution in [0, 0.1) is 0 Å². The molecule has 1 aromatic heterocycles. The van der Waals surface area contributed by atoms with Crippen molar-refractivity contribution in [3.05, 3.63) is 72.6 Å². The molecule has 3 aromatic rings. The predicted molar refractivity (Wildman–Crippen MR) is 129 cm³/mol. The lowest BCUT2D eigenvalue weighted by molar-refractivity contribution is 0.0957. The number of hydrogen-bond acceptors (Lipinski definition) is 7. The van der Waals surface area contributed by atoms with Crippen LogP contribution in [-0.4, -0.2) is 50.4 Å². The number of aliphatic hydroxyl groups excluding tert-OH is 1. The number of carbonyl (C=O) groups excluding carboxylic acids is 2. The van der Waals surface area contributed by atoms with E-state index >= 15 is 0 Å². The minimum absolute atomic E-state index is 0.113. The lowest BCUT2D eigenvalue weighted by atomic mass is 10.3. The van der Waals surface area contributed by atoms with Crippen LogP contribution in [0.2, 0.25) is 0 Å². The fourth-order valence-corrected chi connectivity index (χ4v) is 3.23. The molecule has 0 saturated heterocycles. The second-order valence-electron chi connectivity index (χ2n) is 6.78. The maximum absolute atomic E-state index is 12.2. The molecule has 10 nitrogen and oxygen atoms in total. The van der Waals surface area contributed by atoms with Gasteiger partial charge in [-0.2, -0.15) is 0 Å². The smallest absolute Gasteiger partial charge is 0.323 e. The summed E-state index contributed by atoms with van der Waals surface area (Å²) in [5.41, 5.74) is 1.09. The van der Waals surface area contributed by atoms with Gasteiger partial charge in [0, 0.05) is 43.5 Å². The van der Waals surface area contributed by atoms with Crippen LogP contribution in [0.1, 0.15) is 17.4 Å². The summed E-state index contributed by atoms with van der Waals surface area (Å²) in [6, 6.07) is 15.2.